The first-order valence-electron chi connectivity index (χ1n) is 4.64. The molecular formula is C11H11NO3. The predicted octanol–water partition coefficient (Wildman–Crippen LogP) is 1.16. The van der Waals surface area contributed by atoms with Gasteiger partial charge in [-0.1, -0.05) is 18.2 Å². The number of aromatic amines is 1. The summed E-state index contributed by atoms with van der Waals surface area (Å²) in [7, 11) is 0. The van der Waals surface area contributed by atoms with Crippen molar-refractivity contribution in [3.63, 3.8) is 0 Å². The van der Waals surface area contributed by atoms with Gasteiger partial charge in [0.1, 0.15) is 0 Å². The van der Waals surface area contributed by atoms with Crippen molar-refractivity contribution >= 4 is 16.9 Å². The molecule has 0 spiro atoms. The number of aromatic nitrogens is 1. The molecule has 2 aromatic rings. The number of carboxylic acids is 1. The molecule has 4 nitrogen and oxygen atoms in total. The predicted molar refractivity (Wildman–Crippen MR) is 55.6 cm³/mol. The maximum atomic E-state index is 10.5. The second kappa shape index (κ2) is 3.74. The minimum atomic E-state index is -1.35. The van der Waals surface area contributed by atoms with Gasteiger partial charge >= 0.3 is 5.97 Å². The van der Waals surface area contributed by atoms with E-state index in [0.717, 1.165) is 16.6 Å². The monoisotopic (exact) mass is 205 g/mol. The Morgan fingerprint density at radius 3 is 2.80 bits per heavy atom. The third kappa shape index (κ3) is 1.99. The van der Waals surface area contributed by atoms with Crippen LogP contribution in [0.5, 0.6) is 0 Å². The number of carboxylic acid groups (broad SMARTS) is 1. The zero-order chi connectivity index (χ0) is 10.8. The standard InChI is InChI=1S/C11H11NO3/c13-10(11(14)15)6-8-5-7-3-1-2-4-9(7)12-8/h1-5,10,12-13H,6H2,(H,14,15). The highest BCUT2D eigenvalue weighted by Crippen LogP contribution is 2.15. The number of carbonyl (C=O) groups is 1. The van der Waals surface area contributed by atoms with E-state index in [4.69, 9.17) is 5.11 Å². The Labute approximate surface area is 86.2 Å². The lowest BCUT2D eigenvalue weighted by Gasteiger charge is -2.01. The van der Waals surface area contributed by atoms with Crippen LogP contribution >= 0.6 is 0 Å². The lowest BCUT2D eigenvalue weighted by atomic mass is 10.2. The van der Waals surface area contributed by atoms with Crippen LogP contribution in [0.25, 0.3) is 10.9 Å². The van der Waals surface area contributed by atoms with E-state index in [1.165, 1.54) is 0 Å². The molecule has 0 aliphatic carbocycles. The van der Waals surface area contributed by atoms with Crippen LogP contribution in [0, 0.1) is 0 Å². The first-order valence-corrected chi connectivity index (χ1v) is 4.64. The molecule has 1 atom stereocenters. The number of aliphatic carboxylic acids is 1. The summed E-state index contributed by atoms with van der Waals surface area (Å²) in [6.45, 7) is 0. The zero-order valence-corrected chi connectivity index (χ0v) is 7.97. The molecule has 0 aliphatic rings. The van der Waals surface area contributed by atoms with Crippen LogP contribution in [0.2, 0.25) is 0 Å². The summed E-state index contributed by atoms with van der Waals surface area (Å²) in [5.74, 6) is -1.20. The molecule has 0 fully saturated rings. The van der Waals surface area contributed by atoms with E-state index in [9.17, 15) is 9.90 Å². The van der Waals surface area contributed by atoms with Gasteiger partial charge in [-0.05, 0) is 17.5 Å². The first-order chi connectivity index (χ1) is 7.16. The molecule has 1 aromatic heterocycles. The van der Waals surface area contributed by atoms with E-state index in [1.54, 1.807) is 0 Å². The van der Waals surface area contributed by atoms with Crippen molar-refractivity contribution in [2.24, 2.45) is 0 Å². The van der Waals surface area contributed by atoms with Crippen molar-refractivity contribution in [1.29, 1.82) is 0 Å². The Balaban J connectivity index is 2.26. The number of fused-ring (bicyclic) bond motifs is 1. The minimum absolute atomic E-state index is 0.101. The molecule has 0 saturated heterocycles. The Bertz CT molecular complexity index is 456. The molecule has 4 heteroatoms. The van der Waals surface area contributed by atoms with Crippen LogP contribution in [0.15, 0.2) is 30.3 Å². The number of hydrogen-bond acceptors (Lipinski definition) is 2. The average Bonchev–Trinajstić information content (AvgIpc) is 2.59. The lowest BCUT2D eigenvalue weighted by molar-refractivity contribution is -0.146. The Kier molecular flexibility index (Phi) is 2.43. The minimum Gasteiger partial charge on any atom is -0.479 e. The zero-order valence-electron chi connectivity index (χ0n) is 7.97. The van der Waals surface area contributed by atoms with Crippen LogP contribution < -0.4 is 0 Å². The summed E-state index contributed by atoms with van der Waals surface area (Å²) in [5, 5.41) is 18.8. The quantitative estimate of drug-likeness (QED) is 0.703. The third-order valence-electron chi connectivity index (χ3n) is 2.28. The molecule has 3 N–H and O–H groups in total. The van der Waals surface area contributed by atoms with Crippen LogP contribution in [0.4, 0.5) is 0 Å². The van der Waals surface area contributed by atoms with Crippen LogP contribution in [-0.4, -0.2) is 27.3 Å². The molecule has 0 aliphatic heterocycles. The molecule has 0 bridgehead atoms. The molecule has 0 saturated carbocycles. The molecule has 0 amide bonds. The fourth-order valence-corrected chi connectivity index (χ4v) is 1.54. The molecule has 1 unspecified atom stereocenters. The van der Waals surface area contributed by atoms with E-state index in [1.807, 2.05) is 30.3 Å². The number of para-hydroxylation sites is 1. The lowest BCUT2D eigenvalue weighted by Crippen LogP contribution is -2.22. The van der Waals surface area contributed by atoms with Crippen molar-refractivity contribution < 1.29 is 15.0 Å². The van der Waals surface area contributed by atoms with Gasteiger partial charge in [-0.25, -0.2) is 4.79 Å². The highest BCUT2D eigenvalue weighted by molar-refractivity contribution is 5.80. The van der Waals surface area contributed by atoms with Crippen LogP contribution in [0.1, 0.15) is 5.69 Å². The number of benzene rings is 1. The van der Waals surface area contributed by atoms with E-state index < -0.39 is 12.1 Å². The number of aliphatic hydroxyl groups is 1. The third-order valence-corrected chi connectivity index (χ3v) is 2.28. The van der Waals surface area contributed by atoms with Crippen LogP contribution in [-0.2, 0) is 11.2 Å². The van der Waals surface area contributed by atoms with Gasteiger partial charge in [0.25, 0.3) is 0 Å². The van der Waals surface area contributed by atoms with Gasteiger partial charge < -0.3 is 15.2 Å². The number of nitrogens with one attached hydrogen (secondary N) is 1. The highest BCUT2D eigenvalue weighted by Gasteiger charge is 2.14. The molecule has 1 aromatic carbocycles. The Morgan fingerprint density at radius 2 is 2.13 bits per heavy atom. The summed E-state index contributed by atoms with van der Waals surface area (Å²) in [5.41, 5.74) is 1.68. The second-order valence-electron chi connectivity index (χ2n) is 3.44. The number of aliphatic hydroxyl groups excluding tert-OH is 1. The Hall–Kier alpha value is -1.81. The summed E-state index contributed by atoms with van der Waals surface area (Å²) in [6.07, 6.45) is -1.25. The molecule has 15 heavy (non-hydrogen) atoms. The summed E-state index contributed by atoms with van der Waals surface area (Å²) < 4.78 is 0. The average molecular weight is 205 g/mol. The Morgan fingerprint density at radius 1 is 1.40 bits per heavy atom. The molecule has 1 heterocycles. The summed E-state index contributed by atoms with van der Waals surface area (Å²) in [4.78, 5) is 13.5. The van der Waals surface area contributed by atoms with E-state index in [0.29, 0.717) is 0 Å². The maximum absolute atomic E-state index is 10.5. The van der Waals surface area contributed by atoms with Crippen molar-refractivity contribution in [1.82, 2.24) is 4.98 Å². The van der Waals surface area contributed by atoms with Crippen molar-refractivity contribution in [3.8, 4) is 0 Å². The van der Waals surface area contributed by atoms with Gasteiger partial charge in [0.2, 0.25) is 0 Å². The summed E-state index contributed by atoms with van der Waals surface area (Å²) in [6, 6.07) is 9.50. The van der Waals surface area contributed by atoms with E-state index in [-0.39, 0.29) is 6.42 Å². The fraction of sp³-hybridized carbons (Fsp3) is 0.182. The van der Waals surface area contributed by atoms with Crippen molar-refractivity contribution in [3.05, 3.63) is 36.0 Å². The van der Waals surface area contributed by atoms with Gasteiger partial charge in [-0.15, -0.1) is 0 Å². The molecule has 78 valence electrons. The van der Waals surface area contributed by atoms with Crippen molar-refractivity contribution in [2.75, 3.05) is 0 Å². The SMILES string of the molecule is O=C(O)C(O)Cc1cc2ccccc2[nH]1. The van der Waals surface area contributed by atoms with Gasteiger partial charge in [0.05, 0.1) is 0 Å². The first kappa shape index (κ1) is 9.73. The number of hydrogen-bond donors (Lipinski definition) is 3. The van der Waals surface area contributed by atoms with Gasteiger partial charge in [-0.2, -0.15) is 0 Å². The largest absolute Gasteiger partial charge is 0.479 e. The number of H-pyrrole nitrogens is 1. The maximum Gasteiger partial charge on any atom is 0.332 e. The van der Waals surface area contributed by atoms with E-state index >= 15 is 0 Å². The van der Waals surface area contributed by atoms with Gasteiger partial charge in [0.15, 0.2) is 6.10 Å². The smallest absolute Gasteiger partial charge is 0.332 e. The molecular weight excluding hydrogens is 194 g/mol. The van der Waals surface area contributed by atoms with Gasteiger partial charge in [-0.3, -0.25) is 0 Å². The normalized spacial score (nSPS) is 12.9. The topological polar surface area (TPSA) is 73.3 Å². The number of rotatable bonds is 3. The second-order valence-corrected chi connectivity index (χ2v) is 3.44. The van der Waals surface area contributed by atoms with Crippen molar-refractivity contribution in [2.45, 2.75) is 12.5 Å². The highest BCUT2D eigenvalue weighted by atomic mass is 16.4. The van der Waals surface area contributed by atoms with Gasteiger partial charge in [0, 0.05) is 17.6 Å². The van der Waals surface area contributed by atoms with Crippen LogP contribution in [0.3, 0.4) is 0 Å². The fourth-order valence-electron chi connectivity index (χ4n) is 1.54. The molecule has 2 rings (SSSR count). The summed E-state index contributed by atoms with van der Waals surface area (Å²) >= 11 is 0. The molecule has 0 radical (unpaired) electrons. The van der Waals surface area contributed by atoms with E-state index in [2.05, 4.69) is 4.98 Å².